The number of amides is 2. The zero-order chi connectivity index (χ0) is 23.1. The SMILES string of the molecule is CC(C)COc1ccc(CN(Cc2ccc(F)cn2)C(=O)N[C@H]2CCN(C)C[C@H]2F)cc1. The lowest BCUT2D eigenvalue weighted by molar-refractivity contribution is 0.117. The van der Waals surface area contributed by atoms with Crippen LogP contribution in [0.3, 0.4) is 0 Å². The van der Waals surface area contributed by atoms with Crippen molar-refractivity contribution in [1.82, 2.24) is 20.1 Å². The molecule has 8 heteroatoms. The van der Waals surface area contributed by atoms with Crippen LogP contribution in [0.15, 0.2) is 42.6 Å². The molecule has 174 valence electrons. The van der Waals surface area contributed by atoms with Crippen LogP contribution in [-0.2, 0) is 13.1 Å². The van der Waals surface area contributed by atoms with Crippen molar-refractivity contribution in [3.8, 4) is 5.75 Å². The number of carbonyl (C=O) groups is 1. The molecule has 0 spiro atoms. The molecule has 1 aliphatic heterocycles. The van der Waals surface area contributed by atoms with Crippen LogP contribution < -0.4 is 10.1 Å². The molecule has 1 N–H and O–H groups in total. The minimum atomic E-state index is -1.12. The number of urea groups is 1. The highest BCUT2D eigenvalue weighted by molar-refractivity contribution is 5.74. The van der Waals surface area contributed by atoms with Crippen LogP contribution in [0.1, 0.15) is 31.5 Å². The van der Waals surface area contributed by atoms with Gasteiger partial charge in [0.1, 0.15) is 17.7 Å². The third kappa shape index (κ3) is 7.15. The fourth-order valence-corrected chi connectivity index (χ4v) is 3.54. The van der Waals surface area contributed by atoms with Gasteiger partial charge in [-0.15, -0.1) is 0 Å². The number of benzene rings is 1. The number of hydrogen-bond acceptors (Lipinski definition) is 4. The van der Waals surface area contributed by atoms with Crippen LogP contribution in [0.4, 0.5) is 13.6 Å². The van der Waals surface area contributed by atoms with Crippen molar-refractivity contribution >= 4 is 6.03 Å². The van der Waals surface area contributed by atoms with E-state index in [4.69, 9.17) is 4.74 Å². The highest BCUT2D eigenvalue weighted by Gasteiger charge is 2.30. The number of carbonyl (C=O) groups excluding carboxylic acids is 1. The number of piperidine rings is 1. The summed E-state index contributed by atoms with van der Waals surface area (Å²) in [4.78, 5) is 20.6. The molecule has 2 atom stereocenters. The zero-order valence-electron chi connectivity index (χ0n) is 18.9. The van der Waals surface area contributed by atoms with Gasteiger partial charge in [0.25, 0.3) is 0 Å². The molecule has 32 heavy (non-hydrogen) atoms. The maximum Gasteiger partial charge on any atom is 0.318 e. The van der Waals surface area contributed by atoms with Crippen molar-refractivity contribution in [2.24, 2.45) is 5.92 Å². The van der Waals surface area contributed by atoms with E-state index >= 15 is 0 Å². The molecule has 1 saturated heterocycles. The maximum absolute atomic E-state index is 14.5. The van der Waals surface area contributed by atoms with Crippen molar-refractivity contribution < 1.29 is 18.3 Å². The standard InChI is InChI=1S/C24H32F2N4O2/c1-17(2)16-32-21-8-4-18(5-9-21)13-30(14-20-7-6-19(25)12-27-20)24(31)28-23-10-11-29(3)15-22(23)26/h4-9,12,17,22-23H,10-11,13-16H2,1-3H3,(H,28,31)/t22-,23+/m1/s1. The van der Waals surface area contributed by atoms with Crippen molar-refractivity contribution in [1.29, 1.82) is 0 Å². The average Bonchev–Trinajstić information content (AvgIpc) is 2.76. The molecule has 1 fully saturated rings. The quantitative estimate of drug-likeness (QED) is 0.666. The van der Waals surface area contributed by atoms with Crippen molar-refractivity contribution in [2.75, 3.05) is 26.7 Å². The van der Waals surface area contributed by atoms with E-state index in [9.17, 15) is 13.6 Å². The van der Waals surface area contributed by atoms with Crippen LogP contribution in [0.2, 0.25) is 0 Å². The van der Waals surface area contributed by atoms with Crippen molar-refractivity contribution in [3.05, 3.63) is 59.7 Å². The van der Waals surface area contributed by atoms with Gasteiger partial charge in [-0.3, -0.25) is 4.98 Å². The Balaban J connectivity index is 1.70. The Kier molecular flexibility index (Phi) is 8.39. The zero-order valence-corrected chi connectivity index (χ0v) is 18.9. The van der Waals surface area contributed by atoms with Crippen LogP contribution in [-0.4, -0.2) is 59.8 Å². The second kappa shape index (κ2) is 11.2. The summed E-state index contributed by atoms with van der Waals surface area (Å²) >= 11 is 0. The number of alkyl halides is 1. The molecule has 1 aromatic heterocycles. The summed E-state index contributed by atoms with van der Waals surface area (Å²) in [5.41, 5.74) is 1.46. The van der Waals surface area contributed by atoms with Crippen molar-refractivity contribution in [3.63, 3.8) is 0 Å². The Morgan fingerprint density at radius 3 is 2.62 bits per heavy atom. The number of hydrogen-bond donors (Lipinski definition) is 1. The number of halogens is 2. The number of pyridine rings is 1. The molecule has 6 nitrogen and oxygen atoms in total. The minimum Gasteiger partial charge on any atom is -0.493 e. The third-order valence-corrected chi connectivity index (χ3v) is 5.36. The lowest BCUT2D eigenvalue weighted by Crippen LogP contribution is -2.54. The first-order chi connectivity index (χ1) is 15.3. The van der Waals surface area contributed by atoms with Gasteiger partial charge in [-0.2, -0.15) is 0 Å². The fraction of sp³-hybridized carbons (Fsp3) is 0.500. The lowest BCUT2D eigenvalue weighted by atomic mass is 10.0. The fourth-order valence-electron chi connectivity index (χ4n) is 3.54. The number of nitrogens with zero attached hydrogens (tertiary/aromatic N) is 3. The molecule has 0 aliphatic carbocycles. The van der Waals surface area contributed by atoms with Gasteiger partial charge in [0.2, 0.25) is 0 Å². The molecule has 0 bridgehead atoms. The largest absolute Gasteiger partial charge is 0.493 e. The van der Waals surface area contributed by atoms with E-state index in [1.165, 1.54) is 6.07 Å². The number of likely N-dealkylation sites (tertiary alicyclic amines) is 1. The number of nitrogens with one attached hydrogen (secondary N) is 1. The predicted molar refractivity (Wildman–Crippen MR) is 120 cm³/mol. The highest BCUT2D eigenvalue weighted by atomic mass is 19.1. The molecule has 1 aromatic carbocycles. The lowest BCUT2D eigenvalue weighted by Gasteiger charge is -2.34. The van der Waals surface area contributed by atoms with Gasteiger partial charge in [0.15, 0.2) is 0 Å². The Hall–Kier alpha value is -2.74. The first-order valence-corrected chi connectivity index (χ1v) is 11.0. The van der Waals surface area contributed by atoms with Crippen LogP contribution in [0.5, 0.6) is 5.75 Å². The molecular weight excluding hydrogens is 414 g/mol. The smallest absolute Gasteiger partial charge is 0.318 e. The monoisotopic (exact) mass is 446 g/mol. The van der Waals surface area contributed by atoms with E-state index in [0.717, 1.165) is 24.1 Å². The van der Waals surface area contributed by atoms with E-state index in [2.05, 4.69) is 24.1 Å². The van der Waals surface area contributed by atoms with E-state index in [1.54, 1.807) is 11.0 Å². The second-order valence-electron chi connectivity index (χ2n) is 8.80. The summed E-state index contributed by atoms with van der Waals surface area (Å²) in [6.07, 6.45) is 0.551. The van der Waals surface area contributed by atoms with Gasteiger partial charge in [0, 0.05) is 19.6 Å². The van der Waals surface area contributed by atoms with E-state index in [1.807, 2.05) is 36.2 Å². The summed E-state index contributed by atoms with van der Waals surface area (Å²) in [7, 11) is 1.87. The van der Waals surface area contributed by atoms with Gasteiger partial charge in [0.05, 0.1) is 31.1 Å². The molecule has 2 amide bonds. The molecule has 0 radical (unpaired) electrons. The summed E-state index contributed by atoms with van der Waals surface area (Å²) in [6, 6.07) is 9.52. The molecule has 0 saturated carbocycles. The summed E-state index contributed by atoms with van der Waals surface area (Å²) in [5, 5.41) is 2.84. The predicted octanol–water partition coefficient (Wildman–Crippen LogP) is 4.01. The van der Waals surface area contributed by atoms with Gasteiger partial charge < -0.3 is 19.9 Å². The molecule has 1 aliphatic rings. The summed E-state index contributed by atoms with van der Waals surface area (Å²) < 4.78 is 33.4. The third-order valence-electron chi connectivity index (χ3n) is 5.36. The van der Waals surface area contributed by atoms with E-state index < -0.39 is 18.0 Å². The number of rotatable bonds is 8. The van der Waals surface area contributed by atoms with Crippen LogP contribution >= 0.6 is 0 Å². The van der Waals surface area contributed by atoms with Crippen molar-refractivity contribution in [2.45, 2.75) is 45.6 Å². The Morgan fingerprint density at radius 2 is 2.00 bits per heavy atom. The van der Waals surface area contributed by atoms with E-state index in [0.29, 0.717) is 37.7 Å². The van der Waals surface area contributed by atoms with Gasteiger partial charge >= 0.3 is 6.03 Å². The number of aromatic nitrogens is 1. The molecule has 3 rings (SSSR count). The van der Waals surface area contributed by atoms with Crippen LogP contribution in [0.25, 0.3) is 0 Å². The van der Waals surface area contributed by atoms with Gasteiger partial charge in [-0.05, 0) is 49.2 Å². The Morgan fingerprint density at radius 1 is 1.25 bits per heavy atom. The summed E-state index contributed by atoms with van der Waals surface area (Å²) in [5.74, 6) is 0.759. The Labute approximate surface area is 188 Å². The molecular formula is C24H32F2N4O2. The highest BCUT2D eigenvalue weighted by Crippen LogP contribution is 2.18. The first kappa shape index (κ1) is 23.9. The first-order valence-electron chi connectivity index (χ1n) is 11.0. The average molecular weight is 447 g/mol. The molecule has 2 aromatic rings. The van der Waals surface area contributed by atoms with Gasteiger partial charge in [-0.25, -0.2) is 13.6 Å². The van der Waals surface area contributed by atoms with Gasteiger partial charge in [-0.1, -0.05) is 26.0 Å². The maximum atomic E-state index is 14.5. The second-order valence-corrected chi connectivity index (χ2v) is 8.80. The number of ether oxygens (including phenoxy) is 1. The normalized spacial score (nSPS) is 19.1. The molecule has 0 unspecified atom stereocenters. The summed E-state index contributed by atoms with van der Waals surface area (Å²) in [6.45, 7) is 6.30. The molecule has 2 heterocycles. The minimum absolute atomic E-state index is 0.182. The topological polar surface area (TPSA) is 57.7 Å². The Bertz CT molecular complexity index is 861. The van der Waals surface area contributed by atoms with E-state index in [-0.39, 0.29) is 12.6 Å². The van der Waals surface area contributed by atoms with Crippen LogP contribution in [0, 0.1) is 11.7 Å².